The summed E-state index contributed by atoms with van der Waals surface area (Å²) in [6.07, 6.45) is 4.33. The lowest BCUT2D eigenvalue weighted by molar-refractivity contribution is 0.0932. The minimum absolute atomic E-state index is 0.116. The molecule has 0 aliphatic heterocycles. The van der Waals surface area contributed by atoms with Crippen molar-refractivity contribution in [2.45, 2.75) is 32.9 Å². The highest BCUT2D eigenvalue weighted by Crippen LogP contribution is 2.21. The average Bonchev–Trinajstić information content (AvgIpc) is 3.21. The molecule has 2 N–H and O–H groups in total. The van der Waals surface area contributed by atoms with Gasteiger partial charge < -0.3 is 14.9 Å². The fourth-order valence-electron chi connectivity index (χ4n) is 3.65. The third-order valence-corrected chi connectivity index (χ3v) is 5.94. The van der Waals surface area contributed by atoms with E-state index in [0.717, 1.165) is 22.5 Å². The molecule has 160 valence electrons. The van der Waals surface area contributed by atoms with Crippen molar-refractivity contribution in [3.8, 4) is 0 Å². The molecule has 4 aromatic rings. The van der Waals surface area contributed by atoms with Gasteiger partial charge in [0.25, 0.3) is 5.91 Å². The zero-order valence-electron chi connectivity index (χ0n) is 17.8. The molecule has 0 unspecified atom stereocenters. The Kier molecular flexibility index (Phi) is 6.08. The number of carbonyl (C=O) groups excluding carboxylic acids is 1. The van der Waals surface area contributed by atoms with Crippen LogP contribution in [0.5, 0.6) is 0 Å². The van der Waals surface area contributed by atoms with Gasteiger partial charge in [-0.2, -0.15) is 11.8 Å². The van der Waals surface area contributed by atoms with Gasteiger partial charge in [-0.25, -0.2) is 9.97 Å². The number of aryl methyl sites for hydroxylation is 2. The molecule has 0 fully saturated rings. The number of benzene rings is 1. The summed E-state index contributed by atoms with van der Waals surface area (Å²) < 4.78 is 1.84. The molecule has 1 atom stereocenters. The Labute approximate surface area is 184 Å². The maximum Gasteiger partial charge on any atom is 0.257 e. The topological polar surface area (TPSA) is 92.7 Å². The van der Waals surface area contributed by atoms with Crippen LogP contribution in [0.2, 0.25) is 0 Å². The lowest BCUT2D eigenvalue weighted by Gasteiger charge is -2.17. The summed E-state index contributed by atoms with van der Waals surface area (Å²) in [5.74, 6) is 1.14. The number of carbonyl (C=O) groups is 1. The number of amides is 1. The lowest BCUT2D eigenvalue weighted by Crippen LogP contribution is -2.34. The number of fused-ring (bicyclic) bond motifs is 2. The van der Waals surface area contributed by atoms with Crippen LogP contribution < -0.4 is 10.7 Å². The highest BCUT2D eigenvalue weighted by atomic mass is 32.2. The van der Waals surface area contributed by atoms with E-state index >= 15 is 0 Å². The Morgan fingerprint density at radius 1 is 1.23 bits per heavy atom. The molecule has 31 heavy (non-hydrogen) atoms. The molecule has 0 saturated carbocycles. The van der Waals surface area contributed by atoms with Gasteiger partial charge >= 0.3 is 0 Å². The number of thioether (sulfide) groups is 1. The molecule has 0 spiro atoms. The maximum absolute atomic E-state index is 13.2. The molecule has 8 heteroatoms. The van der Waals surface area contributed by atoms with E-state index < -0.39 is 5.91 Å². The van der Waals surface area contributed by atoms with Crippen molar-refractivity contribution >= 4 is 39.7 Å². The molecule has 0 aliphatic carbocycles. The third kappa shape index (κ3) is 4.20. The Hall–Kier alpha value is -3.13. The van der Waals surface area contributed by atoms with Crippen LogP contribution in [0, 0.1) is 6.92 Å². The largest absolute Gasteiger partial charge is 0.342 e. The molecule has 3 heterocycles. The van der Waals surface area contributed by atoms with E-state index in [0.29, 0.717) is 29.8 Å². The van der Waals surface area contributed by atoms with Crippen LogP contribution in [0.3, 0.4) is 0 Å². The van der Waals surface area contributed by atoms with Crippen molar-refractivity contribution in [1.82, 2.24) is 24.8 Å². The fraction of sp³-hybridized carbons (Fsp3) is 0.304. The molecule has 3 aromatic heterocycles. The molecular formula is C23H25N5O2S. The smallest absolute Gasteiger partial charge is 0.257 e. The number of pyridine rings is 2. The summed E-state index contributed by atoms with van der Waals surface area (Å²) in [5.41, 5.74) is 3.00. The second-order valence-electron chi connectivity index (χ2n) is 7.43. The molecule has 0 radical (unpaired) electrons. The molecule has 1 aromatic carbocycles. The first kappa shape index (κ1) is 21.1. The van der Waals surface area contributed by atoms with E-state index in [2.05, 4.69) is 20.3 Å². The minimum Gasteiger partial charge on any atom is -0.342 e. The van der Waals surface area contributed by atoms with Gasteiger partial charge in [0.1, 0.15) is 17.0 Å². The van der Waals surface area contributed by atoms with Gasteiger partial charge in [-0.15, -0.1) is 0 Å². The zero-order chi connectivity index (χ0) is 22.0. The summed E-state index contributed by atoms with van der Waals surface area (Å²) in [6, 6.07) is 11.0. The van der Waals surface area contributed by atoms with E-state index in [1.807, 2.05) is 48.9 Å². The SMILES string of the molecule is CCn1cc(C(=O)N[C@@H](CCSC)c2nc3ccccc3[nH]2)c(=O)c2ccc(C)nc21. The first-order valence-corrected chi connectivity index (χ1v) is 11.7. The standard InChI is InChI=1S/C23H25N5O2S/c1-4-28-13-16(20(29)15-10-9-14(2)24-22(15)28)23(30)27-19(11-12-31-3)21-25-17-7-5-6-8-18(17)26-21/h5-10,13,19H,4,11-12H2,1-3H3,(H,25,26)(H,27,30)/t19-/m0/s1. The number of nitrogens with one attached hydrogen (secondary N) is 2. The summed E-state index contributed by atoms with van der Waals surface area (Å²) in [7, 11) is 0. The molecule has 1 amide bonds. The third-order valence-electron chi connectivity index (χ3n) is 5.30. The van der Waals surface area contributed by atoms with Crippen LogP contribution in [0.15, 0.2) is 47.4 Å². The second-order valence-corrected chi connectivity index (χ2v) is 8.41. The highest BCUT2D eigenvalue weighted by Gasteiger charge is 2.22. The Morgan fingerprint density at radius 2 is 2.03 bits per heavy atom. The number of rotatable bonds is 7. The van der Waals surface area contributed by atoms with Crippen molar-refractivity contribution in [3.05, 3.63) is 69.9 Å². The predicted octanol–water partition coefficient (Wildman–Crippen LogP) is 3.83. The second kappa shape index (κ2) is 8.93. The first-order valence-electron chi connectivity index (χ1n) is 10.3. The van der Waals surface area contributed by atoms with Crippen LogP contribution in [0.4, 0.5) is 0 Å². The molecule has 0 saturated heterocycles. The maximum atomic E-state index is 13.2. The van der Waals surface area contributed by atoms with E-state index in [1.165, 1.54) is 0 Å². The van der Waals surface area contributed by atoms with Gasteiger partial charge in [-0.1, -0.05) is 12.1 Å². The quantitative estimate of drug-likeness (QED) is 0.460. The normalized spacial score (nSPS) is 12.4. The average molecular weight is 436 g/mol. The van der Waals surface area contributed by atoms with E-state index in [4.69, 9.17) is 0 Å². The number of aromatic nitrogens is 4. The molecule has 0 aliphatic rings. The van der Waals surface area contributed by atoms with Gasteiger partial charge in [0, 0.05) is 18.4 Å². The van der Waals surface area contributed by atoms with E-state index in [1.54, 1.807) is 30.1 Å². The number of H-pyrrole nitrogens is 1. The monoisotopic (exact) mass is 435 g/mol. The Balaban J connectivity index is 1.71. The van der Waals surface area contributed by atoms with Crippen molar-refractivity contribution in [2.24, 2.45) is 0 Å². The van der Waals surface area contributed by atoms with Gasteiger partial charge in [-0.3, -0.25) is 9.59 Å². The predicted molar refractivity (Wildman–Crippen MR) is 126 cm³/mol. The van der Waals surface area contributed by atoms with Crippen molar-refractivity contribution in [3.63, 3.8) is 0 Å². The summed E-state index contributed by atoms with van der Waals surface area (Å²) in [6.45, 7) is 4.45. The number of hydrogen-bond acceptors (Lipinski definition) is 5. The van der Waals surface area contributed by atoms with Crippen LogP contribution in [0.1, 0.15) is 41.3 Å². The highest BCUT2D eigenvalue weighted by molar-refractivity contribution is 7.98. The Bertz CT molecular complexity index is 1280. The number of nitrogens with zero attached hydrogens (tertiary/aromatic N) is 3. The van der Waals surface area contributed by atoms with E-state index in [-0.39, 0.29) is 17.0 Å². The molecular weight excluding hydrogens is 410 g/mol. The first-order chi connectivity index (χ1) is 15.0. The minimum atomic E-state index is -0.402. The summed E-state index contributed by atoms with van der Waals surface area (Å²) in [5, 5.41) is 3.48. The number of imidazole rings is 1. The van der Waals surface area contributed by atoms with Crippen molar-refractivity contribution in [2.75, 3.05) is 12.0 Å². The van der Waals surface area contributed by atoms with Gasteiger partial charge in [0.2, 0.25) is 5.43 Å². The van der Waals surface area contributed by atoms with Crippen LogP contribution >= 0.6 is 11.8 Å². The lowest BCUT2D eigenvalue weighted by atomic mass is 10.1. The Morgan fingerprint density at radius 3 is 2.77 bits per heavy atom. The summed E-state index contributed by atoms with van der Waals surface area (Å²) in [4.78, 5) is 38.7. The van der Waals surface area contributed by atoms with Crippen LogP contribution in [0.25, 0.3) is 22.1 Å². The fourth-order valence-corrected chi connectivity index (χ4v) is 4.12. The molecule has 0 bridgehead atoms. The van der Waals surface area contributed by atoms with Gasteiger partial charge in [0.15, 0.2) is 0 Å². The zero-order valence-corrected chi connectivity index (χ0v) is 18.6. The van der Waals surface area contributed by atoms with Crippen LogP contribution in [-0.2, 0) is 6.54 Å². The number of hydrogen-bond donors (Lipinski definition) is 2. The van der Waals surface area contributed by atoms with Crippen molar-refractivity contribution < 1.29 is 4.79 Å². The number of para-hydroxylation sites is 2. The number of aromatic amines is 1. The van der Waals surface area contributed by atoms with Gasteiger partial charge in [0.05, 0.1) is 22.5 Å². The molecule has 4 rings (SSSR count). The molecule has 7 nitrogen and oxygen atoms in total. The van der Waals surface area contributed by atoms with Crippen LogP contribution in [-0.4, -0.2) is 37.4 Å². The van der Waals surface area contributed by atoms with Crippen molar-refractivity contribution in [1.29, 1.82) is 0 Å². The van der Waals surface area contributed by atoms with E-state index in [9.17, 15) is 9.59 Å². The summed E-state index contributed by atoms with van der Waals surface area (Å²) >= 11 is 1.70. The van der Waals surface area contributed by atoms with Gasteiger partial charge in [-0.05, 0) is 56.5 Å².